The summed E-state index contributed by atoms with van der Waals surface area (Å²) in [5.41, 5.74) is -0.502. The molecule has 4 bridgehead atoms. The van der Waals surface area contributed by atoms with E-state index in [1.54, 1.807) is 13.2 Å². The lowest BCUT2D eigenvalue weighted by molar-refractivity contribution is -0.644. The lowest BCUT2D eigenvalue weighted by Gasteiger charge is -2.68. The van der Waals surface area contributed by atoms with Gasteiger partial charge in [0.05, 0.1) is 9.90 Å². The number of methoxy groups -OCH3 is 1. The topological polar surface area (TPSA) is 97.3 Å². The molecule has 2 atom stereocenters. The molecule has 162 valence electrons. The summed E-state index contributed by atoms with van der Waals surface area (Å²) in [7, 11) is -3.31. The summed E-state index contributed by atoms with van der Waals surface area (Å²) < 4.78 is 22.7. The SMILES string of the molecule is COC1(c2cc3c(Cl)c(OP(=O)([O-])O)ccc3s2)OOC12C1CC3CC(C1)CC2C3. The molecule has 10 heteroatoms. The first-order valence-electron chi connectivity index (χ1n) is 10.1. The van der Waals surface area contributed by atoms with Crippen LogP contribution in [0.4, 0.5) is 0 Å². The molecule has 4 aliphatic carbocycles. The van der Waals surface area contributed by atoms with E-state index >= 15 is 0 Å². The number of rotatable bonds is 4. The summed E-state index contributed by atoms with van der Waals surface area (Å²) >= 11 is 7.90. The molecule has 7 nitrogen and oxygen atoms in total. The summed E-state index contributed by atoms with van der Waals surface area (Å²) in [6.07, 6.45) is 5.89. The second kappa shape index (κ2) is 6.42. The van der Waals surface area contributed by atoms with E-state index in [0.717, 1.165) is 47.1 Å². The van der Waals surface area contributed by atoms with Crippen LogP contribution in [0.1, 0.15) is 37.0 Å². The average molecular weight is 472 g/mol. The predicted octanol–water partition coefficient (Wildman–Crippen LogP) is 4.35. The molecule has 1 saturated heterocycles. The molecule has 5 aliphatic rings. The van der Waals surface area contributed by atoms with Gasteiger partial charge in [0.1, 0.15) is 5.75 Å². The van der Waals surface area contributed by atoms with Gasteiger partial charge < -0.3 is 19.0 Å². The highest BCUT2D eigenvalue weighted by Crippen LogP contribution is 2.70. The van der Waals surface area contributed by atoms with E-state index in [2.05, 4.69) is 4.52 Å². The Labute approximate surface area is 182 Å². The van der Waals surface area contributed by atoms with E-state index in [1.165, 1.54) is 23.8 Å². The quantitative estimate of drug-likeness (QED) is 0.523. The Kier molecular flexibility index (Phi) is 4.27. The minimum absolute atomic E-state index is 0.115. The lowest BCUT2D eigenvalue weighted by atomic mass is 9.47. The number of thiophene rings is 1. The second-order valence-electron chi connectivity index (χ2n) is 9.04. The molecule has 7 rings (SSSR count). The van der Waals surface area contributed by atoms with Crippen LogP contribution in [0.3, 0.4) is 0 Å². The molecule has 30 heavy (non-hydrogen) atoms. The smallest absolute Gasteiger partial charge is 0.317 e. The Morgan fingerprint density at radius 3 is 2.40 bits per heavy atom. The van der Waals surface area contributed by atoms with E-state index in [-0.39, 0.29) is 10.8 Å². The van der Waals surface area contributed by atoms with Gasteiger partial charge in [-0.25, -0.2) is 4.89 Å². The molecular formula is C20H21ClO7PS-. The molecule has 0 amide bonds. The van der Waals surface area contributed by atoms with Crippen LogP contribution in [-0.2, 0) is 24.9 Å². The molecule has 1 N–H and O–H groups in total. The number of hydrogen-bond acceptors (Lipinski definition) is 7. The molecule has 2 unspecified atom stereocenters. The van der Waals surface area contributed by atoms with Crippen molar-refractivity contribution in [3.8, 4) is 5.75 Å². The van der Waals surface area contributed by atoms with Crippen LogP contribution in [-0.4, -0.2) is 17.6 Å². The Hall–Kier alpha value is -0.700. The van der Waals surface area contributed by atoms with Crippen LogP contribution in [0.15, 0.2) is 18.2 Å². The summed E-state index contributed by atoms with van der Waals surface area (Å²) in [5.74, 6) is 1.21. The van der Waals surface area contributed by atoms with Gasteiger partial charge in [0, 0.05) is 17.2 Å². The molecule has 1 aliphatic heterocycles. The molecule has 1 spiro atoms. The average Bonchev–Trinajstić information content (AvgIpc) is 3.08. The summed E-state index contributed by atoms with van der Waals surface area (Å²) in [6, 6.07) is 5.01. The van der Waals surface area contributed by atoms with Crippen molar-refractivity contribution in [2.45, 2.75) is 43.5 Å². The number of benzene rings is 1. The van der Waals surface area contributed by atoms with E-state index in [4.69, 9.17) is 31.0 Å². The molecule has 2 aromatic rings. The molecule has 5 fully saturated rings. The van der Waals surface area contributed by atoms with E-state index < -0.39 is 19.2 Å². The fourth-order valence-corrected chi connectivity index (χ4v) is 8.71. The van der Waals surface area contributed by atoms with Gasteiger partial charge in [-0.15, -0.1) is 11.3 Å². The summed E-state index contributed by atoms with van der Waals surface area (Å²) in [5, 5.41) is 0.735. The summed E-state index contributed by atoms with van der Waals surface area (Å²) in [4.78, 5) is 32.8. The first kappa shape index (κ1) is 19.9. The largest absolute Gasteiger partial charge is 0.746 e. The highest BCUT2D eigenvalue weighted by atomic mass is 35.5. The molecule has 2 heterocycles. The number of phosphoric acid groups is 1. The highest BCUT2D eigenvalue weighted by Gasteiger charge is 2.77. The maximum Gasteiger partial charge on any atom is 0.317 e. The van der Waals surface area contributed by atoms with Gasteiger partial charge in [0.2, 0.25) is 0 Å². The van der Waals surface area contributed by atoms with Crippen LogP contribution >= 0.6 is 30.8 Å². The zero-order chi connectivity index (χ0) is 20.9. The van der Waals surface area contributed by atoms with Crippen molar-refractivity contribution in [1.82, 2.24) is 0 Å². The van der Waals surface area contributed by atoms with E-state index in [9.17, 15) is 9.46 Å². The number of hydrogen-bond donors (Lipinski definition) is 1. The van der Waals surface area contributed by atoms with Gasteiger partial charge >= 0.3 is 7.82 Å². The minimum atomic E-state index is -4.96. The molecular weight excluding hydrogens is 451 g/mol. The zero-order valence-electron chi connectivity index (χ0n) is 16.2. The Morgan fingerprint density at radius 1 is 1.20 bits per heavy atom. The van der Waals surface area contributed by atoms with Crippen LogP contribution < -0.4 is 9.42 Å². The van der Waals surface area contributed by atoms with Crippen molar-refractivity contribution in [3.63, 3.8) is 0 Å². The number of halogens is 1. The first-order valence-corrected chi connectivity index (χ1v) is 12.8. The van der Waals surface area contributed by atoms with E-state index in [1.807, 2.05) is 6.07 Å². The maximum absolute atomic E-state index is 11.1. The van der Waals surface area contributed by atoms with E-state index in [0.29, 0.717) is 17.2 Å². The third-order valence-electron chi connectivity index (χ3n) is 7.59. The normalized spacial score (nSPS) is 41.2. The molecule has 1 aromatic heterocycles. The Morgan fingerprint density at radius 2 is 1.87 bits per heavy atom. The Bertz CT molecular complexity index is 1050. The lowest BCUT2D eigenvalue weighted by Crippen LogP contribution is -2.76. The van der Waals surface area contributed by atoms with Crippen molar-refractivity contribution in [2.24, 2.45) is 23.7 Å². The van der Waals surface area contributed by atoms with Gasteiger partial charge in [-0.1, -0.05) is 11.6 Å². The first-order chi connectivity index (χ1) is 14.3. The number of fused-ring (bicyclic) bond motifs is 1. The van der Waals surface area contributed by atoms with Gasteiger partial charge in [0.15, 0.2) is 5.60 Å². The van der Waals surface area contributed by atoms with Gasteiger partial charge in [-0.2, -0.15) is 4.89 Å². The van der Waals surface area contributed by atoms with Gasteiger partial charge in [-0.3, -0.25) is 4.57 Å². The standard InChI is InChI=1S/C20H22ClO7PS/c1-25-20(19(27-28-20)12-5-10-4-11(7-12)8-13(19)6-10)17-9-14-16(30-17)3-2-15(18(14)21)26-29(22,23)24/h2-3,9-13H,4-8H2,1H3,(H2,22,23,24)/p-1. The molecule has 1 aromatic carbocycles. The number of ether oxygens (including phenoxy) is 1. The maximum atomic E-state index is 11.1. The summed E-state index contributed by atoms with van der Waals surface area (Å²) in [6.45, 7) is 0. The van der Waals surface area contributed by atoms with Crippen LogP contribution in [0, 0.1) is 23.7 Å². The zero-order valence-corrected chi connectivity index (χ0v) is 18.7. The third-order valence-corrected chi connectivity index (χ3v) is 9.59. The van der Waals surface area contributed by atoms with Crippen molar-refractivity contribution in [2.75, 3.05) is 7.11 Å². The van der Waals surface area contributed by atoms with Gasteiger partial charge in [0.25, 0.3) is 5.79 Å². The number of phosphoric ester groups is 1. The molecule has 0 radical (unpaired) electrons. The third kappa shape index (κ3) is 2.54. The van der Waals surface area contributed by atoms with Gasteiger partial charge in [-0.05, 0) is 74.0 Å². The van der Waals surface area contributed by atoms with Crippen LogP contribution in [0.5, 0.6) is 5.75 Å². The second-order valence-corrected chi connectivity index (χ2v) is 11.6. The Balaban J connectivity index is 1.44. The monoisotopic (exact) mass is 471 g/mol. The van der Waals surface area contributed by atoms with Crippen molar-refractivity contribution < 1.29 is 33.4 Å². The minimum Gasteiger partial charge on any atom is -0.746 e. The van der Waals surface area contributed by atoms with Crippen molar-refractivity contribution in [3.05, 3.63) is 28.1 Å². The predicted molar refractivity (Wildman–Crippen MR) is 108 cm³/mol. The fraction of sp³-hybridized carbons (Fsp3) is 0.600. The molecule has 4 saturated carbocycles. The van der Waals surface area contributed by atoms with Crippen molar-refractivity contribution >= 4 is 40.8 Å². The fourth-order valence-electron chi connectivity index (χ4n) is 6.71. The highest BCUT2D eigenvalue weighted by molar-refractivity contribution is 7.45. The van der Waals surface area contributed by atoms with Crippen LogP contribution in [0.25, 0.3) is 10.1 Å². The van der Waals surface area contributed by atoms with Crippen molar-refractivity contribution in [1.29, 1.82) is 0 Å². The van der Waals surface area contributed by atoms with Crippen LogP contribution in [0.2, 0.25) is 5.02 Å².